The van der Waals surface area contributed by atoms with E-state index in [2.05, 4.69) is 5.10 Å². The van der Waals surface area contributed by atoms with Gasteiger partial charge in [-0.2, -0.15) is 5.10 Å². The second kappa shape index (κ2) is 4.23. The summed E-state index contributed by atoms with van der Waals surface area (Å²) in [4.78, 5) is 10.5. The summed E-state index contributed by atoms with van der Waals surface area (Å²) >= 11 is 0. The molecule has 1 unspecified atom stereocenters. The van der Waals surface area contributed by atoms with E-state index >= 15 is 0 Å². The van der Waals surface area contributed by atoms with Gasteiger partial charge in [-0.05, 0) is 26.3 Å². The monoisotopic (exact) mass is 197 g/mol. The predicted octanol–water partition coefficient (Wildman–Crippen LogP) is 0.302. The van der Waals surface area contributed by atoms with Crippen LogP contribution in [0.2, 0.25) is 0 Å². The van der Waals surface area contributed by atoms with Crippen molar-refractivity contribution in [2.75, 3.05) is 0 Å². The molecule has 78 valence electrons. The van der Waals surface area contributed by atoms with Crippen LogP contribution in [0.3, 0.4) is 0 Å². The minimum absolute atomic E-state index is 0.400. The summed E-state index contributed by atoms with van der Waals surface area (Å²) in [5.74, 6) is -0.966. The van der Waals surface area contributed by atoms with Crippen LogP contribution < -0.4 is 5.73 Å². The van der Waals surface area contributed by atoms with Crippen LogP contribution in [0.5, 0.6) is 0 Å². The summed E-state index contributed by atoms with van der Waals surface area (Å²) in [7, 11) is 0. The maximum absolute atomic E-state index is 10.5. The molecule has 3 N–H and O–H groups in total. The van der Waals surface area contributed by atoms with Crippen LogP contribution in [0, 0.1) is 13.8 Å². The highest BCUT2D eigenvalue weighted by Crippen LogP contribution is 2.03. The molecule has 1 heterocycles. The lowest BCUT2D eigenvalue weighted by atomic mass is 10.2. The van der Waals surface area contributed by atoms with E-state index in [0.29, 0.717) is 13.0 Å². The second-order valence-corrected chi connectivity index (χ2v) is 3.38. The maximum Gasteiger partial charge on any atom is 0.320 e. The van der Waals surface area contributed by atoms with Crippen LogP contribution in [0.15, 0.2) is 6.07 Å². The van der Waals surface area contributed by atoms with Gasteiger partial charge in [-0.1, -0.05) is 0 Å². The minimum atomic E-state index is -0.966. The molecular weight excluding hydrogens is 182 g/mol. The van der Waals surface area contributed by atoms with Gasteiger partial charge in [0.05, 0.1) is 5.69 Å². The quantitative estimate of drug-likeness (QED) is 0.727. The molecule has 0 fully saturated rings. The van der Waals surface area contributed by atoms with Crippen LogP contribution in [-0.2, 0) is 11.3 Å². The fourth-order valence-electron chi connectivity index (χ4n) is 1.29. The molecule has 0 aliphatic rings. The van der Waals surface area contributed by atoms with E-state index in [9.17, 15) is 4.79 Å². The van der Waals surface area contributed by atoms with Crippen molar-refractivity contribution in [3.05, 3.63) is 17.5 Å². The van der Waals surface area contributed by atoms with Crippen molar-refractivity contribution in [1.29, 1.82) is 0 Å². The molecule has 1 aromatic rings. The summed E-state index contributed by atoms with van der Waals surface area (Å²) in [6.45, 7) is 4.39. The smallest absolute Gasteiger partial charge is 0.320 e. The standard InChI is InChI=1S/C9H15N3O2/c1-6-5-7(2)12(11-6)4-3-8(10)9(13)14/h5,8H,3-4,10H2,1-2H3,(H,13,14). The third-order valence-electron chi connectivity index (χ3n) is 2.07. The van der Waals surface area contributed by atoms with Gasteiger partial charge in [0.1, 0.15) is 6.04 Å². The summed E-state index contributed by atoms with van der Waals surface area (Å²) in [5.41, 5.74) is 7.34. The number of aliphatic carboxylic acids is 1. The summed E-state index contributed by atoms with van der Waals surface area (Å²) in [5, 5.41) is 12.8. The molecule has 5 heteroatoms. The van der Waals surface area contributed by atoms with Crippen molar-refractivity contribution < 1.29 is 9.90 Å². The van der Waals surface area contributed by atoms with Crippen molar-refractivity contribution in [3.8, 4) is 0 Å². The van der Waals surface area contributed by atoms with Gasteiger partial charge >= 0.3 is 5.97 Å². The molecule has 1 rings (SSSR count). The van der Waals surface area contributed by atoms with E-state index < -0.39 is 12.0 Å². The Bertz CT molecular complexity index is 333. The first kappa shape index (κ1) is 10.7. The lowest BCUT2D eigenvalue weighted by molar-refractivity contribution is -0.138. The summed E-state index contributed by atoms with van der Waals surface area (Å²) < 4.78 is 1.78. The van der Waals surface area contributed by atoms with E-state index in [1.807, 2.05) is 19.9 Å². The Morgan fingerprint density at radius 2 is 2.36 bits per heavy atom. The van der Waals surface area contributed by atoms with Crippen molar-refractivity contribution in [2.24, 2.45) is 5.73 Å². The van der Waals surface area contributed by atoms with Crippen LogP contribution in [0.1, 0.15) is 17.8 Å². The first-order valence-corrected chi connectivity index (χ1v) is 4.50. The van der Waals surface area contributed by atoms with Gasteiger partial charge in [-0.3, -0.25) is 9.48 Å². The van der Waals surface area contributed by atoms with Gasteiger partial charge in [-0.15, -0.1) is 0 Å². The highest BCUT2D eigenvalue weighted by molar-refractivity contribution is 5.72. The minimum Gasteiger partial charge on any atom is -0.480 e. The van der Waals surface area contributed by atoms with Crippen molar-refractivity contribution in [3.63, 3.8) is 0 Å². The van der Waals surface area contributed by atoms with Gasteiger partial charge in [0, 0.05) is 12.2 Å². The number of hydrogen-bond acceptors (Lipinski definition) is 3. The SMILES string of the molecule is Cc1cc(C)n(CCC(N)C(=O)O)n1. The number of carbonyl (C=O) groups is 1. The Labute approximate surface area is 82.5 Å². The fourth-order valence-corrected chi connectivity index (χ4v) is 1.29. The molecule has 0 saturated heterocycles. The molecule has 14 heavy (non-hydrogen) atoms. The molecular formula is C9H15N3O2. The van der Waals surface area contributed by atoms with Crippen LogP contribution in [-0.4, -0.2) is 26.9 Å². The van der Waals surface area contributed by atoms with E-state index in [-0.39, 0.29) is 0 Å². The number of rotatable bonds is 4. The van der Waals surface area contributed by atoms with Crippen LogP contribution in [0.25, 0.3) is 0 Å². The molecule has 0 amide bonds. The Morgan fingerprint density at radius 1 is 1.71 bits per heavy atom. The van der Waals surface area contributed by atoms with E-state index in [1.54, 1.807) is 4.68 Å². The number of carboxylic acid groups (broad SMARTS) is 1. The first-order chi connectivity index (χ1) is 6.50. The fraction of sp³-hybridized carbons (Fsp3) is 0.556. The largest absolute Gasteiger partial charge is 0.480 e. The number of hydrogen-bond donors (Lipinski definition) is 2. The molecule has 1 atom stereocenters. The molecule has 0 saturated carbocycles. The predicted molar refractivity (Wildman–Crippen MR) is 51.9 cm³/mol. The molecule has 0 aliphatic carbocycles. The average molecular weight is 197 g/mol. The Hall–Kier alpha value is -1.36. The van der Waals surface area contributed by atoms with Gasteiger partial charge in [0.15, 0.2) is 0 Å². The number of nitrogens with zero attached hydrogens (tertiary/aromatic N) is 2. The number of aryl methyl sites for hydroxylation is 3. The van der Waals surface area contributed by atoms with Gasteiger partial charge in [-0.25, -0.2) is 0 Å². The zero-order chi connectivity index (χ0) is 10.7. The molecule has 0 radical (unpaired) electrons. The highest BCUT2D eigenvalue weighted by atomic mass is 16.4. The zero-order valence-corrected chi connectivity index (χ0v) is 8.40. The molecule has 1 aromatic heterocycles. The molecule has 0 bridgehead atoms. The number of aromatic nitrogens is 2. The average Bonchev–Trinajstić information content (AvgIpc) is 2.40. The van der Waals surface area contributed by atoms with Gasteiger partial charge in [0.2, 0.25) is 0 Å². The van der Waals surface area contributed by atoms with E-state index in [1.165, 1.54) is 0 Å². The molecule has 0 spiro atoms. The highest BCUT2D eigenvalue weighted by Gasteiger charge is 2.11. The summed E-state index contributed by atoms with van der Waals surface area (Å²) in [6.07, 6.45) is 0.400. The normalized spacial score (nSPS) is 12.8. The topological polar surface area (TPSA) is 81.1 Å². The third-order valence-corrected chi connectivity index (χ3v) is 2.07. The Kier molecular flexibility index (Phi) is 3.24. The molecule has 0 aliphatic heterocycles. The lowest BCUT2D eigenvalue weighted by Crippen LogP contribution is -2.31. The number of carboxylic acids is 1. The molecule has 5 nitrogen and oxygen atoms in total. The summed E-state index contributed by atoms with van der Waals surface area (Å²) in [6, 6.07) is 1.14. The van der Waals surface area contributed by atoms with Crippen molar-refractivity contribution in [1.82, 2.24) is 9.78 Å². The van der Waals surface area contributed by atoms with Gasteiger partial charge in [0.25, 0.3) is 0 Å². The van der Waals surface area contributed by atoms with Crippen molar-refractivity contribution in [2.45, 2.75) is 32.9 Å². The van der Waals surface area contributed by atoms with Crippen molar-refractivity contribution >= 4 is 5.97 Å². The zero-order valence-electron chi connectivity index (χ0n) is 8.40. The first-order valence-electron chi connectivity index (χ1n) is 4.50. The Morgan fingerprint density at radius 3 is 2.79 bits per heavy atom. The van der Waals surface area contributed by atoms with E-state index in [0.717, 1.165) is 11.4 Å². The van der Waals surface area contributed by atoms with Gasteiger partial charge < -0.3 is 10.8 Å². The molecule has 0 aromatic carbocycles. The lowest BCUT2D eigenvalue weighted by Gasteiger charge is -2.07. The van der Waals surface area contributed by atoms with Crippen LogP contribution >= 0.6 is 0 Å². The van der Waals surface area contributed by atoms with Crippen LogP contribution in [0.4, 0.5) is 0 Å². The third kappa shape index (κ3) is 2.56. The maximum atomic E-state index is 10.5. The Balaban J connectivity index is 2.53. The second-order valence-electron chi connectivity index (χ2n) is 3.38. The van der Waals surface area contributed by atoms with E-state index in [4.69, 9.17) is 10.8 Å². The number of nitrogens with two attached hydrogens (primary N) is 1.